The summed E-state index contributed by atoms with van der Waals surface area (Å²) < 4.78 is 1.05. The van der Waals surface area contributed by atoms with E-state index in [0.29, 0.717) is 0 Å². The first kappa shape index (κ1) is 10.8. The summed E-state index contributed by atoms with van der Waals surface area (Å²) in [5.74, 6) is 1.75. The van der Waals surface area contributed by atoms with Gasteiger partial charge in [-0.05, 0) is 58.8 Å². The van der Waals surface area contributed by atoms with E-state index in [9.17, 15) is 0 Å². The van der Waals surface area contributed by atoms with Crippen LogP contribution in [0.5, 0.6) is 0 Å². The molecule has 2 atom stereocenters. The Hall–Kier alpha value is -0.700. The fourth-order valence-corrected chi connectivity index (χ4v) is 2.26. The first-order valence-corrected chi connectivity index (χ1v) is 6.16. The van der Waals surface area contributed by atoms with E-state index in [1.807, 2.05) is 13.0 Å². The summed E-state index contributed by atoms with van der Waals surface area (Å²) in [4.78, 5) is 0. The number of rotatable bonds is 3. The first-order chi connectivity index (χ1) is 7.08. The van der Waals surface area contributed by atoms with Gasteiger partial charge in [0.1, 0.15) is 0 Å². The van der Waals surface area contributed by atoms with Crippen molar-refractivity contribution in [1.29, 1.82) is 0 Å². The molecule has 2 unspecified atom stereocenters. The molecule has 0 bridgehead atoms. The van der Waals surface area contributed by atoms with Gasteiger partial charge in [-0.1, -0.05) is 6.92 Å². The van der Waals surface area contributed by atoms with Crippen LogP contribution in [0.2, 0.25) is 0 Å². The summed E-state index contributed by atoms with van der Waals surface area (Å²) in [6.07, 6.45) is 1.36. The number of benzene rings is 1. The van der Waals surface area contributed by atoms with E-state index in [1.165, 1.54) is 6.42 Å². The molecule has 0 aliphatic heterocycles. The molecule has 3 heteroatoms. The number of hydrogen-bond donors (Lipinski definition) is 2. The highest BCUT2D eigenvalue weighted by Crippen LogP contribution is 2.38. The lowest BCUT2D eigenvalue weighted by Gasteiger charge is -2.10. The standard InChI is InChI=1S/C12H17BrN2/c1-7-3-9(7)6-15-12-4-8(2)11(14)5-10(12)13/h4-5,7,9,15H,3,6,14H2,1-2H3. The van der Waals surface area contributed by atoms with Crippen molar-refractivity contribution in [2.75, 3.05) is 17.6 Å². The van der Waals surface area contributed by atoms with Gasteiger partial charge in [-0.25, -0.2) is 0 Å². The van der Waals surface area contributed by atoms with Crippen LogP contribution in [0.25, 0.3) is 0 Å². The number of nitrogens with one attached hydrogen (secondary N) is 1. The predicted molar refractivity (Wildman–Crippen MR) is 69.1 cm³/mol. The lowest BCUT2D eigenvalue weighted by atomic mass is 10.2. The van der Waals surface area contributed by atoms with Gasteiger partial charge in [-0.3, -0.25) is 0 Å². The lowest BCUT2D eigenvalue weighted by Crippen LogP contribution is -2.05. The number of anilines is 2. The van der Waals surface area contributed by atoms with Crippen LogP contribution in [0.1, 0.15) is 18.9 Å². The number of nitrogens with two attached hydrogens (primary N) is 1. The second kappa shape index (κ2) is 4.05. The Labute approximate surface area is 99.4 Å². The summed E-state index contributed by atoms with van der Waals surface area (Å²) in [6.45, 7) is 5.41. The van der Waals surface area contributed by atoms with Gasteiger partial charge in [-0.2, -0.15) is 0 Å². The Balaban J connectivity index is 2.04. The van der Waals surface area contributed by atoms with Gasteiger partial charge in [-0.15, -0.1) is 0 Å². The molecule has 1 aliphatic rings. The van der Waals surface area contributed by atoms with Crippen LogP contribution in [0.4, 0.5) is 11.4 Å². The maximum Gasteiger partial charge on any atom is 0.0488 e. The van der Waals surface area contributed by atoms with Crippen molar-refractivity contribution >= 4 is 27.3 Å². The van der Waals surface area contributed by atoms with Crippen molar-refractivity contribution in [2.45, 2.75) is 20.3 Å². The average molecular weight is 269 g/mol. The smallest absolute Gasteiger partial charge is 0.0488 e. The summed E-state index contributed by atoms with van der Waals surface area (Å²) in [5, 5.41) is 3.47. The molecule has 0 amide bonds. The highest BCUT2D eigenvalue weighted by atomic mass is 79.9. The van der Waals surface area contributed by atoms with Gasteiger partial charge in [0, 0.05) is 22.4 Å². The largest absolute Gasteiger partial charge is 0.398 e. The van der Waals surface area contributed by atoms with Crippen molar-refractivity contribution in [1.82, 2.24) is 0 Å². The van der Waals surface area contributed by atoms with Gasteiger partial charge in [0.15, 0.2) is 0 Å². The molecule has 0 aromatic heterocycles. The van der Waals surface area contributed by atoms with Crippen LogP contribution in [0.3, 0.4) is 0 Å². The Kier molecular flexibility index (Phi) is 2.91. The molecule has 0 spiro atoms. The van der Waals surface area contributed by atoms with Crippen molar-refractivity contribution in [2.24, 2.45) is 11.8 Å². The second-order valence-electron chi connectivity index (χ2n) is 4.54. The molecule has 1 aliphatic carbocycles. The highest BCUT2D eigenvalue weighted by Gasteiger charge is 2.31. The third-order valence-electron chi connectivity index (χ3n) is 3.19. The number of nitrogen functional groups attached to an aromatic ring is 1. The number of aryl methyl sites for hydroxylation is 1. The molecule has 82 valence electrons. The van der Waals surface area contributed by atoms with Crippen molar-refractivity contribution in [3.63, 3.8) is 0 Å². The fourth-order valence-electron chi connectivity index (χ4n) is 1.76. The van der Waals surface area contributed by atoms with E-state index < -0.39 is 0 Å². The molecule has 15 heavy (non-hydrogen) atoms. The van der Waals surface area contributed by atoms with E-state index >= 15 is 0 Å². The van der Waals surface area contributed by atoms with Crippen LogP contribution in [-0.4, -0.2) is 6.54 Å². The van der Waals surface area contributed by atoms with E-state index in [-0.39, 0.29) is 0 Å². The van der Waals surface area contributed by atoms with E-state index in [2.05, 4.69) is 34.2 Å². The highest BCUT2D eigenvalue weighted by molar-refractivity contribution is 9.10. The molecule has 1 fully saturated rings. The summed E-state index contributed by atoms with van der Waals surface area (Å²) >= 11 is 3.52. The van der Waals surface area contributed by atoms with Crippen LogP contribution in [-0.2, 0) is 0 Å². The van der Waals surface area contributed by atoms with Crippen LogP contribution in [0, 0.1) is 18.8 Å². The Morgan fingerprint density at radius 2 is 2.20 bits per heavy atom. The van der Waals surface area contributed by atoms with Crippen LogP contribution in [0.15, 0.2) is 16.6 Å². The normalized spacial score (nSPS) is 23.9. The second-order valence-corrected chi connectivity index (χ2v) is 5.40. The summed E-state index contributed by atoms with van der Waals surface area (Å²) in [7, 11) is 0. The maximum absolute atomic E-state index is 5.82. The average Bonchev–Trinajstić information content (AvgIpc) is 2.86. The Bertz CT molecular complexity index is 376. The lowest BCUT2D eigenvalue weighted by molar-refractivity contribution is 0.787. The van der Waals surface area contributed by atoms with Crippen molar-refractivity contribution in [3.05, 3.63) is 22.2 Å². The van der Waals surface area contributed by atoms with Gasteiger partial charge >= 0.3 is 0 Å². The molecule has 2 rings (SSSR count). The van der Waals surface area contributed by atoms with Gasteiger partial charge in [0.2, 0.25) is 0 Å². The molecular weight excluding hydrogens is 252 g/mol. The molecular formula is C12H17BrN2. The van der Waals surface area contributed by atoms with E-state index in [4.69, 9.17) is 5.73 Å². The van der Waals surface area contributed by atoms with Crippen molar-refractivity contribution in [3.8, 4) is 0 Å². The Morgan fingerprint density at radius 3 is 2.80 bits per heavy atom. The van der Waals surface area contributed by atoms with Crippen molar-refractivity contribution < 1.29 is 0 Å². The van der Waals surface area contributed by atoms with Crippen LogP contribution < -0.4 is 11.1 Å². The van der Waals surface area contributed by atoms with Gasteiger partial charge < -0.3 is 11.1 Å². The molecule has 0 saturated heterocycles. The number of halogens is 1. The molecule has 0 radical (unpaired) electrons. The third kappa shape index (κ3) is 2.46. The van der Waals surface area contributed by atoms with Gasteiger partial charge in [0.05, 0.1) is 0 Å². The Morgan fingerprint density at radius 1 is 1.53 bits per heavy atom. The zero-order valence-electron chi connectivity index (χ0n) is 9.18. The zero-order chi connectivity index (χ0) is 11.0. The molecule has 3 N–H and O–H groups in total. The number of hydrogen-bond acceptors (Lipinski definition) is 2. The maximum atomic E-state index is 5.82. The minimum Gasteiger partial charge on any atom is -0.398 e. The third-order valence-corrected chi connectivity index (χ3v) is 3.84. The molecule has 1 aromatic carbocycles. The first-order valence-electron chi connectivity index (χ1n) is 5.37. The summed E-state index contributed by atoms with van der Waals surface area (Å²) in [5.41, 5.74) is 8.94. The minimum absolute atomic E-state index is 0.840. The van der Waals surface area contributed by atoms with E-state index in [0.717, 1.165) is 39.8 Å². The quantitative estimate of drug-likeness (QED) is 0.825. The minimum atomic E-state index is 0.840. The topological polar surface area (TPSA) is 38.0 Å². The molecule has 2 nitrogen and oxygen atoms in total. The summed E-state index contributed by atoms with van der Waals surface area (Å²) in [6, 6.07) is 4.07. The monoisotopic (exact) mass is 268 g/mol. The predicted octanol–water partition coefficient (Wildman–Crippen LogP) is 3.41. The molecule has 0 heterocycles. The van der Waals surface area contributed by atoms with Crippen LogP contribution >= 0.6 is 15.9 Å². The zero-order valence-corrected chi connectivity index (χ0v) is 10.8. The SMILES string of the molecule is Cc1cc(NCC2CC2C)c(Br)cc1N. The van der Waals surface area contributed by atoms with Gasteiger partial charge in [0.25, 0.3) is 0 Å². The molecule has 1 saturated carbocycles. The molecule has 1 aromatic rings. The van der Waals surface area contributed by atoms with E-state index in [1.54, 1.807) is 0 Å². The fraction of sp³-hybridized carbons (Fsp3) is 0.500.